The molecule has 4 aromatic carbocycles. The van der Waals surface area contributed by atoms with E-state index in [9.17, 15) is 9.59 Å². The molecule has 0 aliphatic carbocycles. The zero-order valence-electron chi connectivity index (χ0n) is 21.9. The number of benzene rings is 4. The summed E-state index contributed by atoms with van der Waals surface area (Å²) in [6.07, 6.45) is 1.45. The van der Waals surface area contributed by atoms with Crippen LogP contribution in [0.4, 0.5) is 0 Å². The van der Waals surface area contributed by atoms with E-state index in [-0.39, 0.29) is 12.4 Å². The predicted molar refractivity (Wildman–Crippen MR) is 153 cm³/mol. The van der Waals surface area contributed by atoms with Crippen LogP contribution in [0.15, 0.2) is 96.1 Å². The zero-order chi connectivity index (χ0) is 28.3. The number of halogens is 1. The minimum atomic E-state index is -0.535. The van der Waals surface area contributed by atoms with Crippen molar-refractivity contribution in [2.75, 3.05) is 13.7 Å². The van der Waals surface area contributed by atoms with Gasteiger partial charge in [0.25, 0.3) is 5.91 Å². The molecule has 1 amide bonds. The summed E-state index contributed by atoms with van der Waals surface area (Å²) in [4.78, 5) is 25.4. The van der Waals surface area contributed by atoms with Crippen molar-refractivity contribution < 1.29 is 28.5 Å². The maximum atomic E-state index is 12.8. The summed E-state index contributed by atoms with van der Waals surface area (Å²) in [6.45, 7) is 2.70. The number of hydrogen-bond donors (Lipinski definition) is 1. The molecular formula is C31H27ClN2O6. The molecule has 4 rings (SSSR count). The van der Waals surface area contributed by atoms with Gasteiger partial charge in [0.2, 0.25) is 0 Å². The maximum Gasteiger partial charge on any atom is 0.343 e. The number of amides is 1. The molecular weight excluding hydrogens is 532 g/mol. The van der Waals surface area contributed by atoms with Crippen molar-refractivity contribution in [1.82, 2.24) is 5.43 Å². The van der Waals surface area contributed by atoms with Crippen LogP contribution in [0.25, 0.3) is 0 Å². The summed E-state index contributed by atoms with van der Waals surface area (Å²) >= 11 is 5.93. The summed E-state index contributed by atoms with van der Waals surface area (Å²) < 4.78 is 22.1. The summed E-state index contributed by atoms with van der Waals surface area (Å²) in [7, 11) is 1.47. The molecule has 0 saturated heterocycles. The number of methoxy groups -OCH3 is 1. The number of rotatable bonds is 11. The van der Waals surface area contributed by atoms with Crippen molar-refractivity contribution >= 4 is 29.7 Å². The van der Waals surface area contributed by atoms with Crippen LogP contribution in [-0.4, -0.2) is 31.8 Å². The second kappa shape index (κ2) is 13.8. The van der Waals surface area contributed by atoms with Crippen molar-refractivity contribution in [3.63, 3.8) is 0 Å². The summed E-state index contributed by atoms with van der Waals surface area (Å²) in [5.74, 6) is 0.694. The predicted octanol–water partition coefficient (Wildman–Crippen LogP) is 6.31. The van der Waals surface area contributed by atoms with Crippen LogP contribution in [0.2, 0.25) is 5.02 Å². The van der Waals surface area contributed by atoms with Gasteiger partial charge in [-0.15, -0.1) is 0 Å². The molecule has 0 atom stereocenters. The van der Waals surface area contributed by atoms with Gasteiger partial charge < -0.3 is 18.9 Å². The van der Waals surface area contributed by atoms with E-state index in [1.165, 1.54) is 13.3 Å². The third-order valence-corrected chi connectivity index (χ3v) is 5.86. The Morgan fingerprint density at radius 2 is 1.62 bits per heavy atom. The minimum absolute atomic E-state index is 0.245. The third kappa shape index (κ3) is 7.61. The van der Waals surface area contributed by atoms with Gasteiger partial charge in [-0.25, -0.2) is 10.2 Å². The summed E-state index contributed by atoms with van der Waals surface area (Å²) in [6, 6.07) is 25.7. The highest BCUT2D eigenvalue weighted by Gasteiger charge is 2.14. The summed E-state index contributed by atoms with van der Waals surface area (Å²) in [5, 5.41) is 4.69. The highest BCUT2D eigenvalue weighted by Crippen LogP contribution is 2.29. The molecule has 8 nitrogen and oxygen atoms in total. The molecule has 0 heterocycles. The fourth-order valence-corrected chi connectivity index (χ4v) is 3.73. The van der Waals surface area contributed by atoms with Gasteiger partial charge in [-0.05, 0) is 84.8 Å². The van der Waals surface area contributed by atoms with Crippen LogP contribution in [0.3, 0.4) is 0 Å². The van der Waals surface area contributed by atoms with E-state index in [0.717, 1.165) is 5.56 Å². The van der Waals surface area contributed by atoms with Crippen LogP contribution >= 0.6 is 11.6 Å². The van der Waals surface area contributed by atoms with Crippen LogP contribution < -0.4 is 24.4 Å². The number of para-hydroxylation sites is 1. The second-order valence-electron chi connectivity index (χ2n) is 8.37. The van der Waals surface area contributed by atoms with Gasteiger partial charge in [0, 0.05) is 5.02 Å². The first-order valence-electron chi connectivity index (χ1n) is 12.4. The normalized spacial score (nSPS) is 10.7. The van der Waals surface area contributed by atoms with Gasteiger partial charge in [0.05, 0.1) is 31.1 Å². The number of hydrogen-bond acceptors (Lipinski definition) is 7. The Labute approximate surface area is 237 Å². The number of nitrogens with zero attached hydrogens (tertiary/aromatic N) is 1. The van der Waals surface area contributed by atoms with E-state index in [4.69, 9.17) is 30.5 Å². The topological polar surface area (TPSA) is 95.5 Å². The van der Waals surface area contributed by atoms with Crippen molar-refractivity contribution in [3.8, 4) is 23.0 Å². The summed E-state index contributed by atoms with van der Waals surface area (Å²) in [5.41, 5.74) is 4.75. The number of nitrogens with one attached hydrogen (secondary N) is 1. The Morgan fingerprint density at radius 1 is 0.875 bits per heavy atom. The first-order valence-corrected chi connectivity index (χ1v) is 12.8. The van der Waals surface area contributed by atoms with Gasteiger partial charge in [-0.2, -0.15) is 5.10 Å². The molecule has 0 unspecified atom stereocenters. The Balaban J connectivity index is 1.37. The van der Waals surface area contributed by atoms with E-state index in [1.54, 1.807) is 78.9 Å². The lowest BCUT2D eigenvalue weighted by molar-refractivity contribution is 0.0729. The third-order valence-electron chi connectivity index (χ3n) is 5.61. The maximum absolute atomic E-state index is 12.8. The van der Waals surface area contributed by atoms with Gasteiger partial charge >= 0.3 is 5.97 Å². The molecule has 1 N–H and O–H groups in total. The number of carbonyl (C=O) groups excluding carboxylic acids is 2. The first kappa shape index (κ1) is 28.2. The zero-order valence-corrected chi connectivity index (χ0v) is 22.7. The lowest BCUT2D eigenvalue weighted by Crippen LogP contribution is -2.18. The fourth-order valence-electron chi connectivity index (χ4n) is 3.61. The smallest absolute Gasteiger partial charge is 0.343 e. The molecule has 0 fully saturated rings. The number of carbonyl (C=O) groups is 2. The molecule has 0 radical (unpaired) electrons. The van der Waals surface area contributed by atoms with Crippen LogP contribution in [0, 0.1) is 0 Å². The van der Waals surface area contributed by atoms with Gasteiger partial charge in [0.15, 0.2) is 11.5 Å². The van der Waals surface area contributed by atoms with Crippen LogP contribution in [0.5, 0.6) is 23.0 Å². The van der Waals surface area contributed by atoms with E-state index < -0.39 is 11.9 Å². The van der Waals surface area contributed by atoms with Gasteiger partial charge in [0.1, 0.15) is 18.1 Å². The highest BCUT2D eigenvalue weighted by atomic mass is 35.5. The Bertz CT molecular complexity index is 1490. The molecule has 9 heteroatoms. The Kier molecular flexibility index (Phi) is 9.74. The van der Waals surface area contributed by atoms with E-state index in [1.807, 2.05) is 19.1 Å². The molecule has 0 aromatic heterocycles. The number of ether oxygens (including phenoxy) is 4. The van der Waals surface area contributed by atoms with E-state index in [0.29, 0.717) is 45.6 Å². The Hall–Kier alpha value is -4.82. The number of esters is 1. The van der Waals surface area contributed by atoms with E-state index >= 15 is 0 Å². The fraction of sp³-hybridized carbons (Fsp3) is 0.129. The van der Waals surface area contributed by atoms with Crippen LogP contribution in [0.1, 0.15) is 38.8 Å². The SMILES string of the molecule is CCOc1ccc(C(=O)Oc2ccc(/C=N\NC(=O)c3ccccc3OCc3ccc(Cl)cc3)cc2OC)cc1. The molecule has 0 bridgehead atoms. The molecule has 0 spiro atoms. The lowest BCUT2D eigenvalue weighted by atomic mass is 10.2. The standard InChI is InChI=1S/C31H27ClN2O6/c1-3-38-25-15-11-23(12-16-25)31(36)40-28-17-10-22(18-29(28)37-2)19-33-34-30(35)26-6-4-5-7-27(26)39-20-21-8-13-24(32)14-9-21/h4-19H,3,20H2,1-2H3,(H,34,35)/b33-19-. The van der Waals surface area contributed by atoms with Gasteiger partial charge in [-0.3, -0.25) is 4.79 Å². The van der Waals surface area contributed by atoms with Crippen molar-refractivity contribution in [2.45, 2.75) is 13.5 Å². The minimum Gasteiger partial charge on any atom is -0.494 e. The molecule has 40 heavy (non-hydrogen) atoms. The van der Waals surface area contributed by atoms with Crippen LogP contribution in [-0.2, 0) is 6.61 Å². The van der Waals surface area contributed by atoms with Crippen molar-refractivity contribution in [2.24, 2.45) is 5.10 Å². The monoisotopic (exact) mass is 558 g/mol. The molecule has 0 aliphatic rings. The molecule has 204 valence electrons. The molecule has 4 aromatic rings. The molecule has 0 aliphatic heterocycles. The molecule has 0 saturated carbocycles. The first-order chi connectivity index (χ1) is 19.5. The van der Waals surface area contributed by atoms with Crippen molar-refractivity contribution in [3.05, 3.63) is 118 Å². The van der Waals surface area contributed by atoms with Crippen molar-refractivity contribution in [1.29, 1.82) is 0 Å². The lowest BCUT2D eigenvalue weighted by Gasteiger charge is -2.11. The average Bonchev–Trinajstić information content (AvgIpc) is 2.98. The van der Waals surface area contributed by atoms with Gasteiger partial charge in [-0.1, -0.05) is 35.9 Å². The average molecular weight is 559 g/mol. The van der Waals surface area contributed by atoms with E-state index in [2.05, 4.69) is 10.5 Å². The number of hydrazone groups is 1. The highest BCUT2D eigenvalue weighted by molar-refractivity contribution is 6.30. The second-order valence-corrected chi connectivity index (χ2v) is 8.80. The quantitative estimate of drug-likeness (QED) is 0.100. The largest absolute Gasteiger partial charge is 0.494 e. The Morgan fingerprint density at radius 3 is 2.35 bits per heavy atom.